The molecule has 0 amide bonds. The second kappa shape index (κ2) is 3.94. The molecule has 6 heteroatoms. The lowest BCUT2D eigenvalue weighted by Crippen LogP contribution is -2.49. The highest BCUT2D eigenvalue weighted by Gasteiger charge is 2.44. The van der Waals surface area contributed by atoms with Crippen molar-refractivity contribution in [1.29, 1.82) is 5.26 Å². The lowest BCUT2D eigenvalue weighted by molar-refractivity contribution is -0.175. The second-order valence-electron chi connectivity index (χ2n) is 2.72. The van der Waals surface area contributed by atoms with Gasteiger partial charge in [0.15, 0.2) is 6.04 Å². The number of nitriles is 1. The van der Waals surface area contributed by atoms with Crippen LogP contribution in [0.3, 0.4) is 0 Å². The number of halogens is 3. The number of hydrogen-bond donors (Lipinski definition) is 0. The molecular formula is C7H9F3N2O. The van der Waals surface area contributed by atoms with E-state index in [1.165, 1.54) is 6.07 Å². The van der Waals surface area contributed by atoms with Crippen LogP contribution in [0.2, 0.25) is 0 Å². The van der Waals surface area contributed by atoms with Crippen LogP contribution in [-0.4, -0.2) is 43.4 Å². The third-order valence-electron chi connectivity index (χ3n) is 1.84. The Bertz CT molecular complexity index is 205. The Morgan fingerprint density at radius 1 is 1.31 bits per heavy atom. The largest absolute Gasteiger partial charge is 0.417 e. The molecule has 1 aliphatic heterocycles. The molecule has 74 valence electrons. The van der Waals surface area contributed by atoms with Gasteiger partial charge < -0.3 is 4.74 Å². The van der Waals surface area contributed by atoms with E-state index in [1.807, 2.05) is 0 Å². The maximum Gasteiger partial charge on any atom is 0.417 e. The van der Waals surface area contributed by atoms with Crippen LogP contribution in [0.1, 0.15) is 0 Å². The van der Waals surface area contributed by atoms with E-state index in [-0.39, 0.29) is 26.3 Å². The third kappa shape index (κ3) is 2.57. The Balaban J connectivity index is 2.61. The zero-order valence-electron chi connectivity index (χ0n) is 6.84. The lowest BCUT2D eigenvalue weighted by Gasteiger charge is -2.31. The molecule has 0 saturated carbocycles. The summed E-state index contributed by atoms with van der Waals surface area (Å²) < 4.78 is 41.5. The first-order chi connectivity index (χ1) is 6.05. The molecule has 1 saturated heterocycles. The molecule has 1 fully saturated rings. The minimum atomic E-state index is -4.47. The van der Waals surface area contributed by atoms with Gasteiger partial charge >= 0.3 is 6.18 Å². The molecule has 0 aromatic carbocycles. The molecule has 13 heavy (non-hydrogen) atoms. The summed E-state index contributed by atoms with van der Waals surface area (Å²) in [4.78, 5) is 1.09. The van der Waals surface area contributed by atoms with E-state index in [1.54, 1.807) is 0 Å². The Hall–Kier alpha value is -0.800. The topological polar surface area (TPSA) is 36.3 Å². The molecule has 0 bridgehead atoms. The summed E-state index contributed by atoms with van der Waals surface area (Å²) in [6.07, 6.45) is -4.47. The first-order valence-electron chi connectivity index (χ1n) is 3.84. The molecule has 1 rings (SSSR count). The molecule has 1 heterocycles. The molecule has 0 spiro atoms. The fourth-order valence-corrected chi connectivity index (χ4v) is 1.20. The summed E-state index contributed by atoms with van der Waals surface area (Å²) in [6.45, 7) is 0.845. The zero-order valence-corrected chi connectivity index (χ0v) is 6.84. The van der Waals surface area contributed by atoms with Gasteiger partial charge in [0.25, 0.3) is 0 Å². The van der Waals surface area contributed by atoms with Crippen molar-refractivity contribution in [3.05, 3.63) is 0 Å². The summed E-state index contributed by atoms with van der Waals surface area (Å²) >= 11 is 0. The molecule has 0 aromatic rings. The van der Waals surface area contributed by atoms with Crippen molar-refractivity contribution in [3.8, 4) is 6.07 Å². The number of hydrogen-bond acceptors (Lipinski definition) is 3. The van der Waals surface area contributed by atoms with E-state index in [2.05, 4.69) is 0 Å². The van der Waals surface area contributed by atoms with Crippen LogP contribution in [-0.2, 0) is 4.74 Å². The van der Waals surface area contributed by atoms with Gasteiger partial charge in [-0.1, -0.05) is 0 Å². The minimum absolute atomic E-state index is 0.164. The molecule has 1 aliphatic rings. The average Bonchev–Trinajstić information content (AvgIpc) is 2.05. The van der Waals surface area contributed by atoms with E-state index in [0.717, 1.165) is 4.90 Å². The molecule has 0 aromatic heterocycles. The first-order valence-corrected chi connectivity index (χ1v) is 3.84. The van der Waals surface area contributed by atoms with Gasteiger partial charge in [0, 0.05) is 13.1 Å². The highest BCUT2D eigenvalue weighted by Crippen LogP contribution is 2.24. The van der Waals surface area contributed by atoms with Crippen LogP contribution in [0, 0.1) is 11.3 Å². The van der Waals surface area contributed by atoms with Gasteiger partial charge in [0.05, 0.1) is 19.3 Å². The first kappa shape index (κ1) is 10.3. The highest BCUT2D eigenvalue weighted by molar-refractivity contribution is 4.97. The predicted octanol–water partition coefficient (Wildman–Crippen LogP) is 0.773. The van der Waals surface area contributed by atoms with E-state index >= 15 is 0 Å². The third-order valence-corrected chi connectivity index (χ3v) is 1.84. The quantitative estimate of drug-likeness (QED) is 0.618. The SMILES string of the molecule is N#CC(N1CCOCC1)C(F)(F)F. The molecular weight excluding hydrogens is 185 g/mol. The van der Waals surface area contributed by atoms with Crippen molar-refractivity contribution in [1.82, 2.24) is 4.90 Å². The molecule has 1 atom stereocenters. The van der Waals surface area contributed by atoms with Crippen molar-refractivity contribution in [2.45, 2.75) is 12.2 Å². The van der Waals surface area contributed by atoms with Crippen molar-refractivity contribution in [2.75, 3.05) is 26.3 Å². The Morgan fingerprint density at radius 2 is 1.85 bits per heavy atom. The minimum Gasteiger partial charge on any atom is -0.379 e. The number of nitrogens with zero attached hydrogens (tertiary/aromatic N) is 2. The Labute approximate surface area is 73.7 Å². The van der Waals surface area contributed by atoms with Crippen molar-refractivity contribution >= 4 is 0 Å². The fraction of sp³-hybridized carbons (Fsp3) is 0.857. The number of rotatable bonds is 1. The van der Waals surface area contributed by atoms with Crippen LogP contribution in [0.5, 0.6) is 0 Å². The Kier molecular flexibility index (Phi) is 3.12. The zero-order chi connectivity index (χ0) is 9.90. The van der Waals surface area contributed by atoms with Gasteiger partial charge in [-0.3, -0.25) is 4.90 Å². The fourth-order valence-electron chi connectivity index (χ4n) is 1.20. The second-order valence-corrected chi connectivity index (χ2v) is 2.72. The normalized spacial score (nSPS) is 22.3. The summed E-state index contributed by atoms with van der Waals surface area (Å²) in [5.74, 6) is 0. The van der Waals surface area contributed by atoms with Gasteiger partial charge in [0.1, 0.15) is 0 Å². The average molecular weight is 194 g/mol. The molecule has 0 aliphatic carbocycles. The maximum atomic E-state index is 12.2. The molecule has 0 N–H and O–H groups in total. The van der Waals surface area contributed by atoms with Crippen LogP contribution < -0.4 is 0 Å². The van der Waals surface area contributed by atoms with Crippen LogP contribution in [0.25, 0.3) is 0 Å². The smallest absolute Gasteiger partial charge is 0.379 e. The molecule has 0 radical (unpaired) electrons. The number of alkyl halides is 3. The van der Waals surface area contributed by atoms with Gasteiger partial charge in [-0.2, -0.15) is 18.4 Å². The van der Waals surface area contributed by atoms with Crippen molar-refractivity contribution < 1.29 is 17.9 Å². The van der Waals surface area contributed by atoms with E-state index in [0.29, 0.717) is 0 Å². The van der Waals surface area contributed by atoms with E-state index < -0.39 is 12.2 Å². The summed E-state index contributed by atoms with van der Waals surface area (Å²) in [5, 5.41) is 8.36. The highest BCUT2D eigenvalue weighted by atomic mass is 19.4. The summed E-state index contributed by atoms with van der Waals surface area (Å²) in [5.41, 5.74) is 0. The lowest BCUT2D eigenvalue weighted by atomic mass is 10.2. The predicted molar refractivity (Wildman–Crippen MR) is 37.8 cm³/mol. The van der Waals surface area contributed by atoms with E-state index in [9.17, 15) is 13.2 Å². The van der Waals surface area contributed by atoms with Gasteiger partial charge in [-0.25, -0.2) is 0 Å². The van der Waals surface area contributed by atoms with Gasteiger partial charge in [-0.05, 0) is 0 Å². The van der Waals surface area contributed by atoms with Crippen molar-refractivity contribution in [3.63, 3.8) is 0 Å². The van der Waals surface area contributed by atoms with Crippen LogP contribution >= 0.6 is 0 Å². The van der Waals surface area contributed by atoms with Crippen LogP contribution in [0.4, 0.5) is 13.2 Å². The van der Waals surface area contributed by atoms with Gasteiger partial charge in [0.2, 0.25) is 0 Å². The standard InChI is InChI=1S/C7H9F3N2O/c8-7(9,10)6(5-11)12-1-3-13-4-2-12/h6H,1-4H2. The monoisotopic (exact) mass is 194 g/mol. The number of morpholine rings is 1. The summed E-state index contributed by atoms with van der Waals surface area (Å²) in [6, 6.07) is -0.732. The van der Waals surface area contributed by atoms with Gasteiger partial charge in [-0.15, -0.1) is 0 Å². The summed E-state index contributed by atoms with van der Waals surface area (Å²) in [7, 11) is 0. The van der Waals surface area contributed by atoms with Crippen molar-refractivity contribution in [2.24, 2.45) is 0 Å². The molecule has 1 unspecified atom stereocenters. The number of ether oxygens (including phenoxy) is 1. The van der Waals surface area contributed by atoms with E-state index in [4.69, 9.17) is 10.00 Å². The maximum absolute atomic E-state index is 12.2. The molecule has 3 nitrogen and oxygen atoms in total. The van der Waals surface area contributed by atoms with Crippen LogP contribution in [0.15, 0.2) is 0 Å². The Morgan fingerprint density at radius 3 is 2.23 bits per heavy atom.